The third-order valence-electron chi connectivity index (χ3n) is 4.27. The molecule has 1 aromatic heterocycles. The van der Waals surface area contributed by atoms with Crippen molar-refractivity contribution in [3.8, 4) is 0 Å². The molecule has 0 bridgehead atoms. The van der Waals surface area contributed by atoms with Gasteiger partial charge in [-0.05, 0) is 56.9 Å². The van der Waals surface area contributed by atoms with Crippen LogP contribution < -0.4 is 5.32 Å². The maximum Gasteiger partial charge on any atom is 0.313 e. The number of nitrogens with zero attached hydrogens (tertiary/aromatic N) is 3. The molecule has 1 aromatic carbocycles. The fraction of sp³-hybridized carbons (Fsp3) is 0.444. The van der Waals surface area contributed by atoms with Gasteiger partial charge in [0.25, 0.3) is 0 Å². The number of aromatic nitrogens is 2. The molecular weight excluding hydrogens is 320 g/mol. The molecule has 1 saturated heterocycles. The summed E-state index contributed by atoms with van der Waals surface area (Å²) in [6.45, 7) is 6.64. The number of aryl methyl sites for hydroxylation is 3. The summed E-state index contributed by atoms with van der Waals surface area (Å²) in [5.74, 6) is -0.0592. The predicted octanol–water partition coefficient (Wildman–Crippen LogP) is 2.34. The van der Waals surface area contributed by atoms with E-state index in [1.54, 1.807) is 11.8 Å². The van der Waals surface area contributed by atoms with Crippen LogP contribution in [-0.2, 0) is 9.59 Å². The van der Waals surface area contributed by atoms with E-state index in [0.29, 0.717) is 30.5 Å². The Morgan fingerprint density at radius 1 is 1.20 bits per heavy atom. The van der Waals surface area contributed by atoms with Gasteiger partial charge in [0.05, 0.1) is 5.92 Å². The molecule has 1 N–H and O–H groups in total. The van der Waals surface area contributed by atoms with Crippen LogP contribution in [0.15, 0.2) is 22.7 Å². The second-order valence-corrected chi connectivity index (χ2v) is 6.60. The van der Waals surface area contributed by atoms with E-state index in [1.807, 2.05) is 32.0 Å². The second-order valence-electron chi connectivity index (χ2n) is 6.60. The average molecular weight is 342 g/mol. The van der Waals surface area contributed by atoms with E-state index >= 15 is 0 Å². The van der Waals surface area contributed by atoms with E-state index < -0.39 is 11.8 Å². The third kappa shape index (κ3) is 4.04. The van der Waals surface area contributed by atoms with Crippen LogP contribution in [0.4, 0.5) is 5.69 Å². The number of carbonyl (C=O) groups is 2. The molecule has 25 heavy (non-hydrogen) atoms. The fourth-order valence-corrected chi connectivity index (χ4v) is 3.22. The Labute approximate surface area is 146 Å². The largest absolute Gasteiger partial charge is 0.339 e. The Morgan fingerprint density at radius 3 is 2.56 bits per heavy atom. The SMILES string of the molecule is Cc1cc(C)cc(NC(=O)C(=O)N2CCCC(c3nc(C)no3)C2)c1. The summed E-state index contributed by atoms with van der Waals surface area (Å²) in [6, 6.07) is 5.70. The van der Waals surface area contributed by atoms with Crippen LogP contribution in [-0.4, -0.2) is 39.9 Å². The topological polar surface area (TPSA) is 88.3 Å². The van der Waals surface area contributed by atoms with E-state index in [9.17, 15) is 9.59 Å². The predicted molar refractivity (Wildman–Crippen MR) is 92.1 cm³/mol. The fourth-order valence-electron chi connectivity index (χ4n) is 3.22. The molecule has 2 aromatic rings. The highest BCUT2D eigenvalue weighted by Gasteiger charge is 2.31. The lowest BCUT2D eigenvalue weighted by molar-refractivity contribution is -0.144. The van der Waals surface area contributed by atoms with Gasteiger partial charge in [-0.15, -0.1) is 0 Å². The standard InChI is InChI=1S/C18H22N4O3/c1-11-7-12(2)9-15(8-11)20-16(23)18(24)22-6-4-5-14(10-22)17-19-13(3)21-25-17/h7-9,14H,4-6,10H2,1-3H3,(H,20,23). The maximum absolute atomic E-state index is 12.5. The zero-order valence-corrected chi connectivity index (χ0v) is 14.7. The van der Waals surface area contributed by atoms with Crippen LogP contribution in [0.3, 0.4) is 0 Å². The molecular formula is C18H22N4O3. The number of hydrogen-bond donors (Lipinski definition) is 1. The second kappa shape index (κ2) is 7.04. The number of carbonyl (C=O) groups excluding carboxylic acids is 2. The smallest absolute Gasteiger partial charge is 0.313 e. The van der Waals surface area contributed by atoms with Gasteiger partial charge in [-0.25, -0.2) is 0 Å². The Balaban J connectivity index is 1.66. The van der Waals surface area contributed by atoms with Crippen molar-refractivity contribution in [1.82, 2.24) is 15.0 Å². The highest BCUT2D eigenvalue weighted by Crippen LogP contribution is 2.26. The van der Waals surface area contributed by atoms with E-state index in [0.717, 1.165) is 24.0 Å². The number of rotatable bonds is 2. The number of amides is 2. The minimum absolute atomic E-state index is 0.0204. The maximum atomic E-state index is 12.5. The molecule has 0 radical (unpaired) electrons. The van der Waals surface area contributed by atoms with Gasteiger partial charge in [-0.3, -0.25) is 9.59 Å². The molecule has 132 valence electrons. The summed E-state index contributed by atoms with van der Waals surface area (Å²) in [7, 11) is 0. The van der Waals surface area contributed by atoms with Gasteiger partial charge in [0.1, 0.15) is 0 Å². The average Bonchev–Trinajstić information content (AvgIpc) is 3.00. The zero-order valence-electron chi connectivity index (χ0n) is 14.7. The highest BCUT2D eigenvalue weighted by molar-refractivity contribution is 6.39. The summed E-state index contributed by atoms with van der Waals surface area (Å²) in [4.78, 5) is 30.6. The molecule has 1 atom stereocenters. The van der Waals surface area contributed by atoms with Gasteiger partial charge in [0, 0.05) is 18.8 Å². The van der Waals surface area contributed by atoms with Crippen molar-refractivity contribution in [2.24, 2.45) is 0 Å². The number of likely N-dealkylation sites (tertiary alicyclic amines) is 1. The van der Waals surface area contributed by atoms with Crippen LogP contribution >= 0.6 is 0 Å². The molecule has 0 spiro atoms. The van der Waals surface area contributed by atoms with Crippen LogP contribution in [0.5, 0.6) is 0 Å². The van der Waals surface area contributed by atoms with E-state index in [-0.39, 0.29) is 5.92 Å². The Hall–Kier alpha value is -2.70. The Morgan fingerprint density at radius 2 is 1.92 bits per heavy atom. The lowest BCUT2D eigenvalue weighted by Gasteiger charge is -2.30. The minimum Gasteiger partial charge on any atom is -0.339 e. The van der Waals surface area contributed by atoms with Gasteiger partial charge in [0.15, 0.2) is 5.82 Å². The van der Waals surface area contributed by atoms with Gasteiger partial charge in [-0.1, -0.05) is 11.2 Å². The monoisotopic (exact) mass is 342 g/mol. The molecule has 1 unspecified atom stereocenters. The molecule has 3 rings (SSSR count). The molecule has 1 fully saturated rings. The molecule has 1 aliphatic heterocycles. The van der Waals surface area contributed by atoms with Crippen LogP contribution in [0.25, 0.3) is 0 Å². The molecule has 0 aliphatic carbocycles. The third-order valence-corrected chi connectivity index (χ3v) is 4.27. The summed E-state index contributed by atoms with van der Waals surface area (Å²) in [5, 5.41) is 6.50. The number of nitrogens with one attached hydrogen (secondary N) is 1. The van der Waals surface area contributed by atoms with Crippen molar-refractivity contribution in [3.63, 3.8) is 0 Å². The first kappa shape index (κ1) is 17.1. The van der Waals surface area contributed by atoms with Crippen LogP contribution in [0, 0.1) is 20.8 Å². The zero-order chi connectivity index (χ0) is 18.0. The van der Waals surface area contributed by atoms with Crippen molar-refractivity contribution in [3.05, 3.63) is 41.0 Å². The summed E-state index contributed by atoms with van der Waals surface area (Å²) >= 11 is 0. The van der Waals surface area contributed by atoms with Crippen LogP contribution in [0.2, 0.25) is 0 Å². The van der Waals surface area contributed by atoms with Crippen molar-refractivity contribution < 1.29 is 14.1 Å². The lowest BCUT2D eigenvalue weighted by Crippen LogP contribution is -2.44. The number of piperidine rings is 1. The van der Waals surface area contributed by atoms with Gasteiger partial charge < -0.3 is 14.7 Å². The van der Waals surface area contributed by atoms with E-state index in [4.69, 9.17) is 4.52 Å². The van der Waals surface area contributed by atoms with E-state index in [1.165, 1.54) is 0 Å². The molecule has 7 nitrogen and oxygen atoms in total. The van der Waals surface area contributed by atoms with Crippen molar-refractivity contribution in [2.45, 2.75) is 39.5 Å². The van der Waals surface area contributed by atoms with E-state index in [2.05, 4.69) is 15.5 Å². The van der Waals surface area contributed by atoms with Crippen LogP contribution in [0.1, 0.15) is 41.6 Å². The lowest BCUT2D eigenvalue weighted by atomic mass is 9.98. The van der Waals surface area contributed by atoms with Crippen molar-refractivity contribution in [1.29, 1.82) is 0 Å². The van der Waals surface area contributed by atoms with Crippen molar-refractivity contribution in [2.75, 3.05) is 18.4 Å². The van der Waals surface area contributed by atoms with Gasteiger partial charge in [0.2, 0.25) is 5.89 Å². The first-order chi connectivity index (χ1) is 11.9. The molecule has 1 aliphatic rings. The summed E-state index contributed by atoms with van der Waals surface area (Å²) < 4.78 is 5.21. The Bertz CT molecular complexity index is 779. The molecule has 2 amide bonds. The van der Waals surface area contributed by atoms with Gasteiger partial charge >= 0.3 is 11.8 Å². The van der Waals surface area contributed by atoms with Crippen molar-refractivity contribution >= 4 is 17.5 Å². The molecule has 0 saturated carbocycles. The first-order valence-electron chi connectivity index (χ1n) is 8.41. The Kier molecular flexibility index (Phi) is 4.83. The highest BCUT2D eigenvalue weighted by atomic mass is 16.5. The van der Waals surface area contributed by atoms with Gasteiger partial charge in [-0.2, -0.15) is 4.98 Å². The normalized spacial score (nSPS) is 17.4. The molecule has 7 heteroatoms. The first-order valence-corrected chi connectivity index (χ1v) is 8.41. The summed E-state index contributed by atoms with van der Waals surface area (Å²) in [5.41, 5.74) is 2.71. The molecule has 2 heterocycles. The summed E-state index contributed by atoms with van der Waals surface area (Å²) in [6.07, 6.45) is 1.67. The number of hydrogen-bond acceptors (Lipinski definition) is 5. The minimum atomic E-state index is -0.618. The number of benzene rings is 1. The number of anilines is 1. The quantitative estimate of drug-likeness (QED) is 0.846.